The molecule has 0 aromatic rings. The van der Waals surface area contributed by atoms with Crippen LogP contribution in [-0.2, 0) is 0 Å². The first kappa shape index (κ1) is 25.7. The highest BCUT2D eigenvalue weighted by atomic mass is 14.3. The maximum atomic E-state index is 2.41. The first-order chi connectivity index (χ1) is 13.0. The van der Waals surface area contributed by atoms with Crippen LogP contribution in [0, 0.1) is 22.2 Å². The monoisotopic (exact) mass is 396 g/mol. The Morgan fingerprint density at radius 3 is 1.93 bits per heavy atom. The molecule has 1 aliphatic rings. The highest BCUT2D eigenvalue weighted by molar-refractivity contribution is 5.42. The SMILES string of the molecule is CC1=C(/C=C/C(=C/C(C)=C/C(=C/C(C)C)C(C)(C)C)C(C)(C)C)C(C)(C)CCC1. The lowest BCUT2D eigenvalue weighted by Crippen LogP contribution is -2.19. The van der Waals surface area contributed by atoms with Gasteiger partial charge in [-0.05, 0) is 72.0 Å². The van der Waals surface area contributed by atoms with Gasteiger partial charge in [0.15, 0.2) is 0 Å². The van der Waals surface area contributed by atoms with E-state index < -0.39 is 0 Å². The molecule has 0 unspecified atom stereocenters. The quantitative estimate of drug-likeness (QED) is 0.406. The van der Waals surface area contributed by atoms with Crippen LogP contribution in [0.1, 0.15) is 102 Å². The summed E-state index contributed by atoms with van der Waals surface area (Å²) >= 11 is 0. The van der Waals surface area contributed by atoms with Gasteiger partial charge >= 0.3 is 0 Å². The standard InChI is InChI=1S/C29H48/c1-21(2)18-25(28(8,9)10)20-22(3)19-24(27(5,6)7)15-16-26-23(4)14-13-17-29(26,11)12/h15-16,18-21H,13-14,17H2,1-12H3/b16-15+,22-20+,24-19-,25-18-. The lowest BCUT2D eigenvalue weighted by Gasteiger charge is -2.33. The topological polar surface area (TPSA) is 0 Å². The fourth-order valence-corrected chi connectivity index (χ4v) is 4.10. The molecule has 0 aliphatic heterocycles. The Labute approximate surface area is 183 Å². The molecule has 0 spiro atoms. The summed E-state index contributed by atoms with van der Waals surface area (Å²) < 4.78 is 0. The van der Waals surface area contributed by atoms with Gasteiger partial charge in [0.1, 0.15) is 0 Å². The molecular weight excluding hydrogens is 348 g/mol. The zero-order valence-electron chi connectivity index (χ0n) is 21.6. The van der Waals surface area contributed by atoms with Gasteiger partial charge in [0.05, 0.1) is 0 Å². The molecule has 0 nitrogen and oxygen atoms in total. The molecule has 1 aliphatic carbocycles. The molecule has 0 bridgehead atoms. The summed E-state index contributed by atoms with van der Waals surface area (Å²) in [4.78, 5) is 0. The molecule has 0 atom stereocenters. The summed E-state index contributed by atoms with van der Waals surface area (Å²) in [6, 6.07) is 0. The van der Waals surface area contributed by atoms with Gasteiger partial charge in [-0.2, -0.15) is 0 Å². The van der Waals surface area contributed by atoms with E-state index in [1.165, 1.54) is 41.6 Å². The third-order valence-electron chi connectivity index (χ3n) is 5.98. The highest BCUT2D eigenvalue weighted by Crippen LogP contribution is 2.41. The highest BCUT2D eigenvalue weighted by Gasteiger charge is 2.27. The molecule has 0 heteroatoms. The molecule has 0 aromatic heterocycles. The van der Waals surface area contributed by atoms with E-state index in [4.69, 9.17) is 0 Å². The summed E-state index contributed by atoms with van der Waals surface area (Å²) in [7, 11) is 0. The van der Waals surface area contributed by atoms with Gasteiger partial charge in [0.25, 0.3) is 0 Å². The van der Waals surface area contributed by atoms with Crippen molar-refractivity contribution in [3.63, 3.8) is 0 Å². The summed E-state index contributed by atoms with van der Waals surface area (Å²) in [6.07, 6.45) is 15.8. The van der Waals surface area contributed by atoms with E-state index in [9.17, 15) is 0 Å². The molecule has 0 fully saturated rings. The predicted molar refractivity (Wildman–Crippen MR) is 133 cm³/mol. The van der Waals surface area contributed by atoms with Gasteiger partial charge in [-0.3, -0.25) is 0 Å². The zero-order valence-corrected chi connectivity index (χ0v) is 21.6. The Morgan fingerprint density at radius 2 is 1.48 bits per heavy atom. The van der Waals surface area contributed by atoms with Crippen LogP contribution < -0.4 is 0 Å². The van der Waals surface area contributed by atoms with E-state index in [2.05, 4.69) is 113 Å². The van der Waals surface area contributed by atoms with Crippen LogP contribution in [0.3, 0.4) is 0 Å². The third kappa shape index (κ3) is 8.15. The molecule has 1 rings (SSSR count). The van der Waals surface area contributed by atoms with E-state index >= 15 is 0 Å². The largest absolute Gasteiger partial charge is 0.0782 e. The molecule has 0 radical (unpaired) electrons. The molecule has 0 aromatic carbocycles. The Bertz CT molecular complexity index is 713. The van der Waals surface area contributed by atoms with Crippen molar-refractivity contribution in [2.45, 2.75) is 102 Å². The van der Waals surface area contributed by atoms with Crippen LogP contribution in [0.15, 0.2) is 58.2 Å². The maximum absolute atomic E-state index is 2.41. The van der Waals surface area contributed by atoms with Crippen LogP contribution in [0.5, 0.6) is 0 Å². The number of hydrogen-bond donors (Lipinski definition) is 0. The Kier molecular flexibility index (Phi) is 8.58. The second-order valence-electron chi connectivity index (χ2n) is 12.1. The van der Waals surface area contributed by atoms with Crippen molar-refractivity contribution < 1.29 is 0 Å². The lowest BCUT2D eigenvalue weighted by atomic mass is 9.72. The van der Waals surface area contributed by atoms with Crippen molar-refractivity contribution in [1.29, 1.82) is 0 Å². The van der Waals surface area contributed by atoms with Crippen LogP contribution in [0.25, 0.3) is 0 Å². The van der Waals surface area contributed by atoms with Crippen LogP contribution in [-0.4, -0.2) is 0 Å². The molecule has 0 amide bonds. The molecular formula is C29H48. The number of rotatable bonds is 5. The first-order valence-electron chi connectivity index (χ1n) is 11.5. The fourth-order valence-electron chi connectivity index (χ4n) is 4.10. The van der Waals surface area contributed by atoms with E-state index in [0.717, 1.165) is 0 Å². The van der Waals surface area contributed by atoms with Crippen LogP contribution in [0.2, 0.25) is 0 Å². The minimum absolute atomic E-state index is 0.114. The smallest absolute Gasteiger partial charge is 0.0104 e. The van der Waals surface area contributed by atoms with Gasteiger partial charge < -0.3 is 0 Å². The van der Waals surface area contributed by atoms with Crippen molar-refractivity contribution in [2.24, 2.45) is 22.2 Å². The van der Waals surface area contributed by atoms with Crippen molar-refractivity contribution in [2.75, 3.05) is 0 Å². The summed E-state index contributed by atoms with van der Waals surface area (Å²) in [5, 5.41) is 0. The molecule has 0 N–H and O–H groups in total. The second-order valence-corrected chi connectivity index (χ2v) is 12.1. The molecule has 0 saturated carbocycles. The first-order valence-corrected chi connectivity index (χ1v) is 11.5. The predicted octanol–water partition coefficient (Wildman–Crippen LogP) is 9.62. The minimum Gasteiger partial charge on any atom is -0.0782 e. The van der Waals surface area contributed by atoms with E-state index in [1.807, 2.05) is 0 Å². The average Bonchev–Trinajstić information content (AvgIpc) is 2.49. The van der Waals surface area contributed by atoms with E-state index in [-0.39, 0.29) is 16.2 Å². The van der Waals surface area contributed by atoms with Crippen LogP contribution in [0.4, 0.5) is 0 Å². The van der Waals surface area contributed by atoms with E-state index in [0.29, 0.717) is 5.92 Å². The van der Waals surface area contributed by atoms with Gasteiger partial charge in [-0.1, -0.05) is 111 Å². The van der Waals surface area contributed by atoms with Gasteiger partial charge in [-0.15, -0.1) is 0 Å². The molecule has 164 valence electrons. The zero-order chi connectivity index (χ0) is 22.6. The number of hydrogen-bond acceptors (Lipinski definition) is 0. The minimum atomic E-state index is 0.114. The molecule has 0 saturated heterocycles. The van der Waals surface area contributed by atoms with Gasteiger partial charge in [-0.25, -0.2) is 0 Å². The third-order valence-corrected chi connectivity index (χ3v) is 5.98. The Hall–Kier alpha value is -1.30. The van der Waals surface area contributed by atoms with Gasteiger partial charge in [0, 0.05) is 0 Å². The Morgan fingerprint density at radius 1 is 0.931 bits per heavy atom. The van der Waals surface area contributed by atoms with E-state index in [1.54, 1.807) is 5.57 Å². The van der Waals surface area contributed by atoms with Crippen LogP contribution >= 0.6 is 0 Å². The van der Waals surface area contributed by atoms with Crippen molar-refractivity contribution in [3.8, 4) is 0 Å². The lowest BCUT2D eigenvalue weighted by molar-refractivity contribution is 0.376. The average molecular weight is 397 g/mol. The number of allylic oxidation sites excluding steroid dienone is 10. The Balaban J connectivity index is 3.37. The second kappa shape index (κ2) is 9.67. The molecule has 0 heterocycles. The summed E-state index contributed by atoms with van der Waals surface area (Å²) in [6.45, 7) is 27.7. The molecule has 29 heavy (non-hydrogen) atoms. The summed E-state index contributed by atoms with van der Waals surface area (Å²) in [5.41, 5.74) is 7.80. The maximum Gasteiger partial charge on any atom is -0.0104 e. The fraction of sp³-hybridized carbons (Fsp3) is 0.655. The summed E-state index contributed by atoms with van der Waals surface area (Å²) in [5.74, 6) is 0.558. The van der Waals surface area contributed by atoms with Crippen molar-refractivity contribution in [3.05, 3.63) is 58.2 Å². The van der Waals surface area contributed by atoms with Crippen molar-refractivity contribution >= 4 is 0 Å². The van der Waals surface area contributed by atoms with Gasteiger partial charge in [0.2, 0.25) is 0 Å². The normalized spacial score (nSPS) is 20.2. The van der Waals surface area contributed by atoms with Crippen molar-refractivity contribution in [1.82, 2.24) is 0 Å².